The summed E-state index contributed by atoms with van der Waals surface area (Å²) >= 11 is 0. The van der Waals surface area contributed by atoms with Crippen LogP contribution >= 0.6 is 12.4 Å². The average molecular weight is 464 g/mol. The largest absolute Gasteiger partial charge is 0.476 e. The molecule has 1 heterocycles. The third-order valence-corrected chi connectivity index (χ3v) is 5.74. The standard InChI is InChI=1S/C20H27F2N3O3S.ClH/c1-4-11-23-12-13-28-19-10-9-18(15(3)24-19)25-29(26,27)17-7-5-16(6-8-17)14(2)20(21)22;/h5-10,14,20,23,25H,4,11-13H2,1-3H3;1H/t14-;/m1./s1. The highest BCUT2D eigenvalue weighted by Gasteiger charge is 2.20. The molecule has 6 nitrogen and oxygen atoms in total. The van der Waals surface area contributed by atoms with Crippen LogP contribution in [0.5, 0.6) is 5.88 Å². The van der Waals surface area contributed by atoms with Crippen molar-refractivity contribution in [3.05, 3.63) is 47.7 Å². The summed E-state index contributed by atoms with van der Waals surface area (Å²) in [5.41, 5.74) is 1.17. The smallest absolute Gasteiger partial charge is 0.261 e. The van der Waals surface area contributed by atoms with Crippen molar-refractivity contribution < 1.29 is 21.9 Å². The Hall–Kier alpha value is -1.97. The zero-order chi connectivity index (χ0) is 21.4. The summed E-state index contributed by atoms with van der Waals surface area (Å²) < 4.78 is 58.8. The van der Waals surface area contributed by atoms with E-state index in [9.17, 15) is 17.2 Å². The van der Waals surface area contributed by atoms with E-state index in [1.165, 1.54) is 31.2 Å². The Bertz CT molecular complexity index is 897. The van der Waals surface area contributed by atoms with E-state index in [1.54, 1.807) is 19.1 Å². The van der Waals surface area contributed by atoms with E-state index in [4.69, 9.17) is 4.74 Å². The maximum atomic E-state index is 12.8. The Kier molecular flexibility index (Phi) is 10.4. The normalized spacial score (nSPS) is 12.3. The number of nitrogens with zero attached hydrogens (tertiary/aromatic N) is 1. The molecule has 0 saturated heterocycles. The number of ether oxygens (including phenoxy) is 1. The number of anilines is 1. The van der Waals surface area contributed by atoms with Gasteiger partial charge in [-0.25, -0.2) is 22.2 Å². The average Bonchev–Trinajstić information content (AvgIpc) is 2.69. The molecule has 0 fully saturated rings. The zero-order valence-electron chi connectivity index (χ0n) is 17.2. The van der Waals surface area contributed by atoms with Gasteiger partial charge in [0.2, 0.25) is 12.3 Å². The van der Waals surface area contributed by atoms with Crippen LogP contribution in [0.4, 0.5) is 14.5 Å². The molecule has 0 bridgehead atoms. The van der Waals surface area contributed by atoms with E-state index >= 15 is 0 Å². The summed E-state index contributed by atoms with van der Waals surface area (Å²) in [6, 6.07) is 8.63. The Morgan fingerprint density at radius 1 is 1.10 bits per heavy atom. The molecule has 1 atom stereocenters. The summed E-state index contributed by atoms with van der Waals surface area (Å²) in [7, 11) is -3.87. The van der Waals surface area contributed by atoms with Crippen LogP contribution in [-0.2, 0) is 10.0 Å². The number of halogens is 3. The second-order valence-electron chi connectivity index (χ2n) is 6.68. The lowest BCUT2D eigenvalue weighted by Gasteiger charge is -2.14. The molecular formula is C20H28ClF2N3O3S. The molecule has 0 spiro atoms. The van der Waals surface area contributed by atoms with E-state index < -0.39 is 22.4 Å². The van der Waals surface area contributed by atoms with E-state index in [1.807, 2.05) is 0 Å². The van der Waals surface area contributed by atoms with Gasteiger partial charge in [0, 0.05) is 18.5 Å². The number of alkyl halides is 2. The Morgan fingerprint density at radius 3 is 2.33 bits per heavy atom. The lowest BCUT2D eigenvalue weighted by Crippen LogP contribution is -2.21. The van der Waals surface area contributed by atoms with Gasteiger partial charge in [0.05, 0.1) is 16.3 Å². The van der Waals surface area contributed by atoms with Crippen LogP contribution in [0.25, 0.3) is 0 Å². The molecule has 0 saturated carbocycles. The van der Waals surface area contributed by atoms with E-state index in [0.29, 0.717) is 36.0 Å². The van der Waals surface area contributed by atoms with Crippen LogP contribution < -0.4 is 14.8 Å². The first kappa shape index (κ1) is 26.1. The van der Waals surface area contributed by atoms with Gasteiger partial charge in [0.15, 0.2) is 0 Å². The maximum Gasteiger partial charge on any atom is 0.261 e. The molecule has 2 N–H and O–H groups in total. The lowest BCUT2D eigenvalue weighted by atomic mass is 10.0. The molecule has 0 amide bonds. The second kappa shape index (κ2) is 12.0. The van der Waals surface area contributed by atoms with Crippen molar-refractivity contribution >= 4 is 28.1 Å². The molecule has 2 rings (SSSR count). The van der Waals surface area contributed by atoms with Crippen molar-refractivity contribution in [3.63, 3.8) is 0 Å². The Balaban J connectivity index is 0.00000450. The Labute approximate surface area is 182 Å². The predicted octanol–water partition coefficient (Wildman–Crippen LogP) is 4.36. The number of hydrogen-bond acceptors (Lipinski definition) is 5. The number of aryl methyl sites for hydroxylation is 1. The van der Waals surface area contributed by atoms with Gasteiger partial charge < -0.3 is 10.1 Å². The molecule has 168 valence electrons. The third-order valence-electron chi connectivity index (χ3n) is 4.35. The summed E-state index contributed by atoms with van der Waals surface area (Å²) in [5.74, 6) is -0.551. The molecule has 0 aliphatic carbocycles. The van der Waals surface area contributed by atoms with Gasteiger partial charge in [0.1, 0.15) is 6.61 Å². The number of rotatable bonds is 11. The summed E-state index contributed by atoms with van der Waals surface area (Å²) in [4.78, 5) is 4.26. The monoisotopic (exact) mass is 463 g/mol. The van der Waals surface area contributed by atoms with Crippen molar-refractivity contribution in [2.24, 2.45) is 0 Å². The lowest BCUT2D eigenvalue weighted by molar-refractivity contribution is 0.121. The van der Waals surface area contributed by atoms with Gasteiger partial charge in [-0.05, 0) is 43.7 Å². The first-order valence-corrected chi connectivity index (χ1v) is 10.9. The van der Waals surface area contributed by atoms with Crippen molar-refractivity contribution in [2.45, 2.75) is 44.4 Å². The minimum Gasteiger partial charge on any atom is -0.476 e. The minimum absolute atomic E-state index is 0. The third kappa shape index (κ3) is 7.37. The molecule has 0 unspecified atom stereocenters. The number of pyridine rings is 1. The van der Waals surface area contributed by atoms with Gasteiger partial charge in [-0.1, -0.05) is 26.0 Å². The van der Waals surface area contributed by atoms with E-state index in [0.717, 1.165) is 13.0 Å². The first-order valence-electron chi connectivity index (χ1n) is 9.46. The van der Waals surface area contributed by atoms with Crippen molar-refractivity contribution in [1.82, 2.24) is 10.3 Å². The van der Waals surface area contributed by atoms with Gasteiger partial charge in [0.25, 0.3) is 10.0 Å². The molecule has 10 heteroatoms. The molecule has 0 aliphatic rings. The van der Waals surface area contributed by atoms with Gasteiger partial charge in [-0.2, -0.15) is 0 Å². The van der Waals surface area contributed by atoms with Crippen LogP contribution in [-0.4, -0.2) is 39.5 Å². The SMILES string of the molecule is CCCNCCOc1ccc(NS(=O)(=O)c2ccc([C@@H](C)C(F)F)cc2)c(C)n1.Cl. The fourth-order valence-electron chi connectivity index (χ4n) is 2.56. The molecule has 2 aromatic rings. The van der Waals surface area contributed by atoms with Crippen molar-refractivity contribution in [1.29, 1.82) is 0 Å². The molecule has 0 radical (unpaired) electrons. The number of hydrogen-bond donors (Lipinski definition) is 2. The fraction of sp³-hybridized carbons (Fsp3) is 0.450. The predicted molar refractivity (Wildman–Crippen MR) is 117 cm³/mol. The van der Waals surface area contributed by atoms with Crippen LogP contribution in [0.2, 0.25) is 0 Å². The van der Waals surface area contributed by atoms with Crippen LogP contribution in [0.1, 0.15) is 37.4 Å². The van der Waals surface area contributed by atoms with E-state index in [-0.39, 0.29) is 17.3 Å². The number of benzene rings is 1. The van der Waals surface area contributed by atoms with Gasteiger partial charge in [-0.15, -0.1) is 12.4 Å². The van der Waals surface area contributed by atoms with Gasteiger partial charge >= 0.3 is 0 Å². The second-order valence-corrected chi connectivity index (χ2v) is 8.36. The summed E-state index contributed by atoms with van der Waals surface area (Å²) in [6.45, 7) is 7.22. The molecule has 1 aromatic carbocycles. The number of sulfonamides is 1. The Morgan fingerprint density at radius 2 is 1.77 bits per heavy atom. The van der Waals surface area contributed by atoms with E-state index in [2.05, 4.69) is 21.9 Å². The van der Waals surface area contributed by atoms with Gasteiger partial charge in [-0.3, -0.25) is 4.72 Å². The summed E-state index contributed by atoms with van der Waals surface area (Å²) in [6.07, 6.45) is -1.47. The topological polar surface area (TPSA) is 80.3 Å². The zero-order valence-corrected chi connectivity index (χ0v) is 18.8. The highest BCUT2D eigenvalue weighted by Crippen LogP contribution is 2.25. The quantitative estimate of drug-likeness (QED) is 0.484. The van der Waals surface area contributed by atoms with Crippen LogP contribution in [0.15, 0.2) is 41.3 Å². The van der Waals surface area contributed by atoms with Crippen LogP contribution in [0.3, 0.4) is 0 Å². The maximum absolute atomic E-state index is 12.8. The first-order chi connectivity index (χ1) is 13.7. The number of aromatic nitrogens is 1. The highest BCUT2D eigenvalue weighted by atomic mass is 35.5. The minimum atomic E-state index is -3.87. The van der Waals surface area contributed by atoms with Crippen molar-refractivity contribution in [3.8, 4) is 5.88 Å². The van der Waals surface area contributed by atoms with Crippen molar-refractivity contribution in [2.75, 3.05) is 24.4 Å². The highest BCUT2D eigenvalue weighted by molar-refractivity contribution is 7.92. The molecule has 0 aliphatic heterocycles. The molecular weight excluding hydrogens is 436 g/mol. The fourth-order valence-corrected chi connectivity index (χ4v) is 3.67. The van der Waals surface area contributed by atoms with Crippen LogP contribution in [0, 0.1) is 6.92 Å². The molecule has 1 aromatic heterocycles. The summed E-state index contributed by atoms with van der Waals surface area (Å²) in [5, 5.41) is 3.21. The number of nitrogens with one attached hydrogen (secondary N) is 2. The molecule has 30 heavy (non-hydrogen) atoms.